The fourth-order valence-corrected chi connectivity index (χ4v) is 1.88. The molecule has 1 rings (SSSR count). The van der Waals surface area contributed by atoms with Crippen LogP contribution < -0.4 is 5.32 Å². The summed E-state index contributed by atoms with van der Waals surface area (Å²) in [6.45, 7) is 4.51. The number of halogens is 3. The Morgan fingerprint density at radius 1 is 1.13 bits per heavy atom. The van der Waals surface area contributed by atoms with E-state index in [0.29, 0.717) is 12.1 Å². The molecule has 0 heterocycles. The summed E-state index contributed by atoms with van der Waals surface area (Å²) >= 11 is 0. The zero-order valence-corrected chi connectivity index (χ0v) is 12.9. The van der Waals surface area contributed by atoms with Crippen molar-refractivity contribution in [1.82, 2.24) is 5.32 Å². The van der Waals surface area contributed by atoms with Crippen LogP contribution in [0, 0.1) is 23.4 Å². The lowest BCUT2D eigenvalue weighted by Crippen LogP contribution is -2.44. The van der Waals surface area contributed by atoms with Gasteiger partial charge in [-0.25, -0.2) is 18.0 Å². The molecule has 0 bridgehead atoms. The summed E-state index contributed by atoms with van der Waals surface area (Å²) in [7, 11) is 0. The molecule has 5 nitrogen and oxygen atoms in total. The Kier molecular flexibility index (Phi) is 6.41. The molecule has 0 aliphatic carbocycles. The minimum Gasteiger partial charge on any atom is -0.481 e. The molecule has 1 aromatic carbocycles. The third-order valence-electron chi connectivity index (χ3n) is 3.17. The van der Waals surface area contributed by atoms with Crippen molar-refractivity contribution in [2.24, 2.45) is 5.92 Å². The van der Waals surface area contributed by atoms with Gasteiger partial charge in [0, 0.05) is 12.1 Å². The maximum atomic E-state index is 13.7. The van der Waals surface area contributed by atoms with Crippen molar-refractivity contribution in [3.63, 3.8) is 0 Å². The minimum absolute atomic E-state index is 0.244. The molecule has 2 atom stereocenters. The second-order valence-corrected chi connectivity index (χ2v) is 5.39. The smallest absolute Gasteiger partial charge is 0.407 e. The van der Waals surface area contributed by atoms with Crippen molar-refractivity contribution >= 4 is 12.1 Å². The van der Waals surface area contributed by atoms with E-state index in [1.165, 1.54) is 6.92 Å². The third-order valence-corrected chi connectivity index (χ3v) is 3.17. The molecule has 0 aliphatic rings. The van der Waals surface area contributed by atoms with Crippen molar-refractivity contribution in [3.05, 3.63) is 35.1 Å². The molecule has 0 aliphatic heterocycles. The Balaban J connectivity index is 2.99. The van der Waals surface area contributed by atoms with E-state index >= 15 is 0 Å². The number of carbonyl (C=O) groups excluding carboxylic acids is 1. The average Bonchev–Trinajstić information content (AvgIpc) is 2.41. The summed E-state index contributed by atoms with van der Waals surface area (Å²) in [6, 6.07) is -0.0421. The van der Waals surface area contributed by atoms with Crippen LogP contribution >= 0.6 is 0 Å². The first-order chi connectivity index (χ1) is 10.6. The van der Waals surface area contributed by atoms with Crippen molar-refractivity contribution in [2.45, 2.75) is 39.3 Å². The van der Waals surface area contributed by atoms with E-state index in [9.17, 15) is 22.8 Å². The van der Waals surface area contributed by atoms with E-state index in [4.69, 9.17) is 9.84 Å². The van der Waals surface area contributed by atoms with Gasteiger partial charge in [-0.3, -0.25) is 4.79 Å². The van der Waals surface area contributed by atoms with Crippen molar-refractivity contribution < 1.29 is 32.6 Å². The van der Waals surface area contributed by atoms with Gasteiger partial charge in [-0.15, -0.1) is 0 Å². The standard InChI is InChI=1S/C15H18F3NO4/c1-7(2)23-15(22)19-13(8(3)14(20)21)5-9-4-11(17)12(18)6-10(9)16/h4,6-8,13H,5H2,1-3H3,(H,19,22)(H,20,21)/t8-,13?/m1/s1. The molecule has 0 spiro atoms. The van der Waals surface area contributed by atoms with Crippen molar-refractivity contribution in [2.75, 3.05) is 0 Å². The molecule has 0 radical (unpaired) electrons. The van der Waals surface area contributed by atoms with Gasteiger partial charge in [-0.05, 0) is 38.8 Å². The molecule has 0 saturated heterocycles. The summed E-state index contributed by atoms with van der Waals surface area (Å²) in [5.41, 5.74) is -0.244. The molecule has 1 unspecified atom stereocenters. The number of hydrogen-bond acceptors (Lipinski definition) is 3. The quantitative estimate of drug-likeness (QED) is 0.785. The fourth-order valence-electron chi connectivity index (χ4n) is 1.88. The van der Waals surface area contributed by atoms with Gasteiger partial charge >= 0.3 is 12.1 Å². The molecule has 23 heavy (non-hydrogen) atoms. The number of carboxylic acids is 1. The minimum atomic E-state index is -1.35. The van der Waals surface area contributed by atoms with Crippen LogP contribution in [-0.2, 0) is 16.0 Å². The van der Waals surface area contributed by atoms with Gasteiger partial charge in [0.25, 0.3) is 0 Å². The molecule has 128 valence electrons. The predicted molar refractivity (Wildman–Crippen MR) is 75.4 cm³/mol. The van der Waals surface area contributed by atoms with Crippen LogP contribution in [0.5, 0.6) is 0 Å². The van der Waals surface area contributed by atoms with Gasteiger partial charge in [-0.1, -0.05) is 0 Å². The molecular formula is C15H18F3NO4. The lowest BCUT2D eigenvalue weighted by molar-refractivity contribution is -0.142. The molecule has 0 aromatic heterocycles. The number of hydrogen-bond donors (Lipinski definition) is 2. The van der Waals surface area contributed by atoms with E-state index in [1.807, 2.05) is 0 Å². The summed E-state index contributed by atoms with van der Waals surface area (Å²) in [6.07, 6.45) is -1.64. The number of carbonyl (C=O) groups is 2. The Bertz CT molecular complexity index is 592. The fraction of sp³-hybridized carbons (Fsp3) is 0.467. The summed E-state index contributed by atoms with van der Waals surface area (Å²) in [4.78, 5) is 22.8. The first-order valence-electron chi connectivity index (χ1n) is 6.95. The number of rotatable bonds is 6. The maximum Gasteiger partial charge on any atom is 0.407 e. The van der Waals surface area contributed by atoms with Crippen LogP contribution in [-0.4, -0.2) is 29.3 Å². The Labute approximate surface area is 131 Å². The lowest BCUT2D eigenvalue weighted by atomic mass is 9.94. The number of carboxylic acid groups (broad SMARTS) is 1. The van der Waals surface area contributed by atoms with E-state index in [0.717, 1.165) is 0 Å². The molecule has 2 N–H and O–H groups in total. The van der Waals surface area contributed by atoms with Crippen LogP contribution in [0.25, 0.3) is 0 Å². The molecule has 8 heteroatoms. The first kappa shape index (κ1) is 18.8. The molecule has 0 fully saturated rings. The molecule has 0 saturated carbocycles. The lowest BCUT2D eigenvalue weighted by Gasteiger charge is -2.23. The highest BCUT2D eigenvalue weighted by molar-refractivity contribution is 5.73. The predicted octanol–water partition coefficient (Wildman–Crippen LogP) is 2.87. The van der Waals surface area contributed by atoms with Crippen molar-refractivity contribution in [3.8, 4) is 0 Å². The number of amides is 1. The summed E-state index contributed by atoms with van der Waals surface area (Å²) in [5.74, 6) is -5.95. The van der Waals surface area contributed by atoms with E-state index in [2.05, 4.69) is 5.32 Å². The Morgan fingerprint density at radius 3 is 2.22 bits per heavy atom. The summed E-state index contributed by atoms with van der Waals surface area (Å²) < 4.78 is 44.7. The second kappa shape index (κ2) is 7.85. The monoisotopic (exact) mass is 333 g/mol. The van der Waals surface area contributed by atoms with Crippen molar-refractivity contribution in [1.29, 1.82) is 0 Å². The zero-order chi connectivity index (χ0) is 17.7. The number of alkyl carbamates (subject to hydrolysis) is 1. The second-order valence-electron chi connectivity index (χ2n) is 5.39. The zero-order valence-electron chi connectivity index (χ0n) is 12.9. The van der Waals surface area contributed by atoms with Crippen LogP contribution in [0.3, 0.4) is 0 Å². The number of aliphatic carboxylic acids is 1. The summed E-state index contributed by atoms with van der Waals surface area (Å²) in [5, 5.41) is 11.4. The first-order valence-corrected chi connectivity index (χ1v) is 6.95. The topological polar surface area (TPSA) is 75.6 Å². The van der Waals surface area contributed by atoms with Gasteiger partial charge < -0.3 is 15.2 Å². The van der Waals surface area contributed by atoms with Gasteiger partial charge in [0.1, 0.15) is 5.82 Å². The largest absolute Gasteiger partial charge is 0.481 e. The van der Waals surface area contributed by atoms with Gasteiger partial charge in [-0.2, -0.15) is 0 Å². The SMILES string of the molecule is CC(C)OC(=O)NC(Cc1cc(F)c(F)cc1F)[C@@H](C)C(=O)O. The molecular weight excluding hydrogens is 315 g/mol. The highest BCUT2D eigenvalue weighted by Gasteiger charge is 2.27. The number of nitrogens with one attached hydrogen (secondary N) is 1. The molecule has 1 amide bonds. The van der Waals surface area contributed by atoms with Crippen LogP contribution in [0.15, 0.2) is 12.1 Å². The van der Waals surface area contributed by atoms with E-state index in [-0.39, 0.29) is 12.0 Å². The molecule has 1 aromatic rings. The highest BCUT2D eigenvalue weighted by atomic mass is 19.2. The number of benzene rings is 1. The van der Waals surface area contributed by atoms with E-state index in [1.54, 1.807) is 13.8 Å². The Hall–Kier alpha value is -2.25. The van der Waals surface area contributed by atoms with Crippen LogP contribution in [0.2, 0.25) is 0 Å². The van der Waals surface area contributed by atoms with Gasteiger partial charge in [0.2, 0.25) is 0 Å². The van der Waals surface area contributed by atoms with E-state index < -0.39 is 47.6 Å². The average molecular weight is 333 g/mol. The number of ether oxygens (including phenoxy) is 1. The normalized spacial score (nSPS) is 13.5. The maximum absolute atomic E-state index is 13.7. The van der Waals surface area contributed by atoms with Gasteiger partial charge in [0.15, 0.2) is 11.6 Å². The van der Waals surface area contributed by atoms with Gasteiger partial charge in [0.05, 0.1) is 12.0 Å². The Morgan fingerprint density at radius 2 is 1.70 bits per heavy atom. The van der Waals surface area contributed by atoms with Crippen LogP contribution in [0.4, 0.5) is 18.0 Å². The third kappa shape index (κ3) is 5.46. The highest BCUT2D eigenvalue weighted by Crippen LogP contribution is 2.18. The van der Waals surface area contributed by atoms with Crippen LogP contribution in [0.1, 0.15) is 26.3 Å².